The molecule has 0 atom stereocenters. The van der Waals surface area contributed by atoms with Crippen LogP contribution in [0.15, 0.2) is 18.2 Å². The second-order valence-corrected chi connectivity index (χ2v) is 7.44. The second-order valence-electron chi connectivity index (χ2n) is 3.48. The largest absolute Gasteiger partial charge is 0.478 e. The molecule has 0 unspecified atom stereocenters. The van der Waals surface area contributed by atoms with E-state index in [9.17, 15) is 9.59 Å². The lowest BCUT2D eigenvalue weighted by Gasteiger charge is -2.15. The molecule has 5 heteroatoms. The van der Waals surface area contributed by atoms with Gasteiger partial charge in [0.15, 0.2) is 0 Å². The van der Waals surface area contributed by atoms with Gasteiger partial charge in [0.1, 0.15) is 0 Å². The molecule has 1 rings (SSSR count). The molecule has 1 aromatic carbocycles. The zero-order valence-corrected chi connectivity index (χ0v) is 9.63. The number of hydrogen-bond acceptors (Lipinski definition) is 1. The van der Waals surface area contributed by atoms with Crippen molar-refractivity contribution in [2.45, 2.75) is 13.1 Å². The quantitative estimate of drug-likeness (QED) is 0.788. The molecule has 1 N–H and O–H groups in total. The molecular weight excluding hydrogens is 220 g/mol. The highest BCUT2D eigenvalue weighted by atomic mass is 35.5. The van der Waals surface area contributed by atoms with Crippen LogP contribution in [-0.4, -0.2) is 19.4 Å². The molecule has 0 aliphatic heterocycles. The van der Waals surface area contributed by atoms with Crippen LogP contribution in [0.1, 0.15) is 10.4 Å². The van der Waals surface area contributed by atoms with E-state index in [0.717, 1.165) is 0 Å². The number of aromatic carboxylic acids is 1. The van der Waals surface area contributed by atoms with E-state index in [-0.39, 0.29) is 10.6 Å². The van der Waals surface area contributed by atoms with E-state index in [1.807, 2.05) is 0 Å². The Morgan fingerprint density at radius 2 is 2.00 bits per heavy atom. The Labute approximate surface area is 88.1 Å². The number of hydrogen-bond donors (Lipinski definition) is 1. The average molecular weight is 230 g/mol. The average Bonchev–Trinajstić information content (AvgIpc) is 2.01. The molecule has 0 amide bonds. The maximum Gasteiger partial charge on any atom is 0.337 e. The van der Waals surface area contributed by atoms with Gasteiger partial charge in [0.2, 0.25) is 0 Å². The van der Waals surface area contributed by atoms with E-state index >= 15 is 0 Å². The van der Waals surface area contributed by atoms with Crippen molar-refractivity contribution in [3.05, 3.63) is 28.8 Å². The minimum atomic E-state index is -2.89. The highest BCUT2D eigenvalue weighted by molar-refractivity contribution is 6.84. The van der Waals surface area contributed by atoms with Gasteiger partial charge in [-0.15, -0.1) is 0 Å². The van der Waals surface area contributed by atoms with Crippen LogP contribution < -0.4 is 5.19 Å². The molecule has 0 aromatic heterocycles. The fourth-order valence-electron chi connectivity index (χ4n) is 1.24. The van der Waals surface area contributed by atoms with Crippen molar-refractivity contribution >= 4 is 31.1 Å². The molecular formula is C9H10ClO3Si. The summed E-state index contributed by atoms with van der Waals surface area (Å²) in [6, 6.07) is 4.64. The standard InChI is InChI=1S/C9H10ClO3Si/c1-14(2,13)7-5-3-4-6(10)8(7)9(11)12/h3-5H,1-2H3,(H,11,12). The zero-order chi connectivity index (χ0) is 10.9. The molecule has 0 heterocycles. The van der Waals surface area contributed by atoms with Crippen LogP contribution in [0.5, 0.6) is 0 Å². The number of halogens is 1. The van der Waals surface area contributed by atoms with Crippen molar-refractivity contribution in [1.82, 2.24) is 0 Å². The molecule has 1 radical (unpaired) electrons. The molecule has 0 saturated carbocycles. The first-order valence-electron chi connectivity index (χ1n) is 4.06. The molecule has 0 saturated heterocycles. The zero-order valence-electron chi connectivity index (χ0n) is 7.87. The van der Waals surface area contributed by atoms with Crippen molar-refractivity contribution in [2.24, 2.45) is 0 Å². The van der Waals surface area contributed by atoms with Crippen molar-refractivity contribution in [3.63, 3.8) is 0 Å². The van der Waals surface area contributed by atoms with E-state index in [1.165, 1.54) is 6.07 Å². The van der Waals surface area contributed by atoms with E-state index in [1.54, 1.807) is 25.2 Å². The highest BCUT2D eigenvalue weighted by Crippen LogP contribution is 2.16. The molecule has 0 fully saturated rings. The van der Waals surface area contributed by atoms with Gasteiger partial charge in [-0.2, -0.15) is 0 Å². The van der Waals surface area contributed by atoms with Crippen molar-refractivity contribution in [3.8, 4) is 0 Å². The van der Waals surface area contributed by atoms with Gasteiger partial charge < -0.3 is 5.11 Å². The smallest absolute Gasteiger partial charge is 0.337 e. The fourth-order valence-corrected chi connectivity index (χ4v) is 2.92. The van der Waals surface area contributed by atoms with Crippen molar-refractivity contribution in [2.75, 3.05) is 0 Å². The number of carbonyl (C=O) groups is 1. The van der Waals surface area contributed by atoms with Crippen molar-refractivity contribution in [1.29, 1.82) is 0 Å². The lowest BCUT2D eigenvalue weighted by molar-refractivity contribution is 0.0698. The Morgan fingerprint density at radius 3 is 2.36 bits per heavy atom. The molecule has 0 spiro atoms. The molecule has 1 aromatic rings. The fraction of sp³-hybridized carbons (Fsp3) is 0.222. The highest BCUT2D eigenvalue weighted by Gasteiger charge is 2.29. The number of rotatable bonds is 2. The summed E-state index contributed by atoms with van der Waals surface area (Å²) in [4.78, 5) is 22.7. The maximum atomic E-state index is 11.8. The molecule has 0 aliphatic rings. The van der Waals surface area contributed by atoms with Crippen LogP contribution >= 0.6 is 11.6 Å². The SMILES string of the molecule is C[Si](C)([O])c1cccc(Cl)c1C(=O)O. The summed E-state index contributed by atoms with van der Waals surface area (Å²) >= 11 is 5.73. The van der Waals surface area contributed by atoms with E-state index in [2.05, 4.69) is 0 Å². The summed E-state index contributed by atoms with van der Waals surface area (Å²) in [7, 11) is -2.89. The lowest BCUT2D eigenvalue weighted by atomic mass is 10.2. The minimum Gasteiger partial charge on any atom is -0.478 e. The van der Waals surface area contributed by atoms with Gasteiger partial charge in [-0.3, -0.25) is 4.80 Å². The third kappa shape index (κ3) is 2.15. The molecule has 14 heavy (non-hydrogen) atoms. The molecule has 3 nitrogen and oxygen atoms in total. The van der Waals surface area contributed by atoms with Gasteiger partial charge in [-0.1, -0.05) is 23.7 Å². The van der Waals surface area contributed by atoms with E-state index < -0.39 is 14.3 Å². The molecule has 0 bridgehead atoms. The Bertz CT molecular complexity index is 371. The van der Waals surface area contributed by atoms with E-state index in [4.69, 9.17) is 16.7 Å². The number of carboxylic acid groups (broad SMARTS) is 1. The molecule has 0 aliphatic carbocycles. The Balaban J connectivity index is 3.44. The van der Waals surface area contributed by atoms with Gasteiger partial charge in [0.25, 0.3) is 8.32 Å². The second kappa shape index (κ2) is 3.72. The third-order valence-corrected chi connectivity index (χ3v) is 3.91. The predicted octanol–water partition coefficient (Wildman–Crippen LogP) is 1.88. The first-order valence-corrected chi connectivity index (χ1v) is 7.35. The van der Waals surface area contributed by atoms with Crippen molar-refractivity contribution < 1.29 is 14.7 Å². The van der Waals surface area contributed by atoms with Gasteiger partial charge in [-0.05, 0) is 24.3 Å². The summed E-state index contributed by atoms with van der Waals surface area (Å²) in [6.07, 6.45) is 0. The molecule has 75 valence electrons. The monoisotopic (exact) mass is 229 g/mol. The van der Waals surface area contributed by atoms with Gasteiger partial charge in [0.05, 0.1) is 10.6 Å². The predicted molar refractivity (Wildman–Crippen MR) is 56.2 cm³/mol. The Morgan fingerprint density at radius 1 is 1.43 bits per heavy atom. The lowest BCUT2D eigenvalue weighted by Crippen LogP contribution is -2.43. The van der Waals surface area contributed by atoms with Crippen LogP contribution in [0.4, 0.5) is 0 Å². The van der Waals surface area contributed by atoms with Gasteiger partial charge in [0, 0.05) is 0 Å². The normalized spacial score (nSPS) is 11.4. The number of benzene rings is 1. The Kier molecular flexibility index (Phi) is 2.99. The summed E-state index contributed by atoms with van der Waals surface area (Å²) in [5, 5.41) is 9.38. The number of carboxylic acids is 1. The summed E-state index contributed by atoms with van der Waals surface area (Å²) in [6.45, 7) is 3.09. The summed E-state index contributed by atoms with van der Waals surface area (Å²) in [5.41, 5.74) is -0.0409. The van der Waals surface area contributed by atoms with Gasteiger partial charge >= 0.3 is 5.97 Å². The summed E-state index contributed by atoms with van der Waals surface area (Å²) < 4.78 is 0. The van der Waals surface area contributed by atoms with Crippen LogP contribution in [0, 0.1) is 0 Å². The van der Waals surface area contributed by atoms with Crippen LogP contribution in [0.25, 0.3) is 0 Å². The van der Waals surface area contributed by atoms with Crippen LogP contribution in [0.2, 0.25) is 18.1 Å². The first kappa shape index (κ1) is 11.2. The maximum absolute atomic E-state index is 11.8. The van der Waals surface area contributed by atoms with E-state index in [0.29, 0.717) is 5.19 Å². The van der Waals surface area contributed by atoms with Crippen LogP contribution in [0.3, 0.4) is 0 Å². The summed E-state index contributed by atoms with van der Waals surface area (Å²) in [5.74, 6) is -1.14. The third-order valence-electron chi connectivity index (χ3n) is 1.88. The van der Waals surface area contributed by atoms with Crippen LogP contribution in [-0.2, 0) is 4.80 Å². The topological polar surface area (TPSA) is 57.2 Å². The Hall–Kier alpha value is -0.843. The minimum absolute atomic E-state index is 0.0409. The van der Waals surface area contributed by atoms with Gasteiger partial charge in [-0.25, -0.2) is 4.79 Å². The first-order chi connectivity index (χ1) is 6.34.